The summed E-state index contributed by atoms with van der Waals surface area (Å²) in [6.45, 7) is 2.04. The van der Waals surface area contributed by atoms with E-state index in [4.69, 9.17) is 0 Å². The largest absolute Gasteiger partial charge is 0.319 e. The number of aryl methyl sites for hydroxylation is 1. The number of nitrogens with zero attached hydrogens (tertiary/aromatic N) is 3. The van der Waals surface area contributed by atoms with E-state index < -0.39 is 0 Å². The Kier molecular flexibility index (Phi) is 3.60. The van der Waals surface area contributed by atoms with E-state index in [-0.39, 0.29) is 0 Å². The van der Waals surface area contributed by atoms with Crippen LogP contribution in [0.4, 0.5) is 0 Å². The molecule has 1 aliphatic rings. The van der Waals surface area contributed by atoms with E-state index >= 15 is 0 Å². The Labute approximate surface area is 113 Å². The molecule has 0 atom stereocenters. The first kappa shape index (κ1) is 12.4. The number of likely N-dealkylation sites (N-methyl/N-ethyl adjacent to an activating group) is 1. The maximum Gasteiger partial charge on any atom is 0.164 e. The standard InChI is InChI=1S/C15H20N4/c1-16-10-9-12-6-2-3-7-13(12)15-18-17-14-8-4-5-11-19(14)15/h2-3,6-7,16H,4-5,8-11H2,1H3. The molecule has 0 aliphatic carbocycles. The van der Waals surface area contributed by atoms with Crippen molar-refractivity contribution in [1.29, 1.82) is 0 Å². The summed E-state index contributed by atoms with van der Waals surface area (Å²) in [5, 5.41) is 12.0. The number of aromatic nitrogens is 3. The van der Waals surface area contributed by atoms with Gasteiger partial charge in [-0.05, 0) is 38.4 Å². The van der Waals surface area contributed by atoms with Gasteiger partial charge in [-0.25, -0.2) is 0 Å². The van der Waals surface area contributed by atoms with Crippen LogP contribution in [0.2, 0.25) is 0 Å². The van der Waals surface area contributed by atoms with Gasteiger partial charge in [0.2, 0.25) is 0 Å². The first-order chi connectivity index (χ1) is 9.40. The lowest BCUT2D eigenvalue weighted by Gasteiger charge is -2.16. The molecule has 19 heavy (non-hydrogen) atoms. The molecule has 0 spiro atoms. The molecule has 0 saturated carbocycles. The second-order valence-corrected chi connectivity index (χ2v) is 5.06. The fourth-order valence-electron chi connectivity index (χ4n) is 2.72. The van der Waals surface area contributed by atoms with Crippen molar-refractivity contribution >= 4 is 0 Å². The maximum atomic E-state index is 4.43. The molecule has 1 N–H and O–H groups in total. The Morgan fingerprint density at radius 1 is 1.21 bits per heavy atom. The molecule has 0 saturated heterocycles. The van der Waals surface area contributed by atoms with Crippen LogP contribution >= 0.6 is 0 Å². The first-order valence-electron chi connectivity index (χ1n) is 7.05. The Morgan fingerprint density at radius 2 is 2.11 bits per heavy atom. The van der Waals surface area contributed by atoms with Gasteiger partial charge in [0.25, 0.3) is 0 Å². The molecule has 0 bridgehead atoms. The van der Waals surface area contributed by atoms with Gasteiger partial charge in [0, 0.05) is 18.5 Å². The number of fused-ring (bicyclic) bond motifs is 1. The molecule has 0 unspecified atom stereocenters. The van der Waals surface area contributed by atoms with Crippen LogP contribution in [0.3, 0.4) is 0 Å². The highest BCUT2D eigenvalue weighted by Gasteiger charge is 2.18. The van der Waals surface area contributed by atoms with Gasteiger partial charge in [0.15, 0.2) is 5.82 Å². The molecule has 0 radical (unpaired) electrons. The zero-order valence-corrected chi connectivity index (χ0v) is 11.4. The highest BCUT2D eigenvalue weighted by atomic mass is 15.3. The van der Waals surface area contributed by atoms with Crippen molar-refractivity contribution in [1.82, 2.24) is 20.1 Å². The molecule has 100 valence electrons. The van der Waals surface area contributed by atoms with Crippen molar-refractivity contribution in [3.63, 3.8) is 0 Å². The van der Waals surface area contributed by atoms with E-state index in [1.165, 1.54) is 24.0 Å². The summed E-state index contributed by atoms with van der Waals surface area (Å²) in [5.41, 5.74) is 2.58. The topological polar surface area (TPSA) is 42.7 Å². The van der Waals surface area contributed by atoms with E-state index in [1.807, 2.05) is 7.05 Å². The normalized spacial score (nSPS) is 14.4. The highest BCUT2D eigenvalue weighted by Crippen LogP contribution is 2.26. The molecule has 0 amide bonds. The lowest BCUT2D eigenvalue weighted by atomic mass is 10.0. The molecule has 1 aromatic heterocycles. The second kappa shape index (κ2) is 5.53. The maximum absolute atomic E-state index is 4.43. The minimum Gasteiger partial charge on any atom is -0.319 e. The van der Waals surface area contributed by atoms with Crippen molar-refractivity contribution in [2.24, 2.45) is 0 Å². The molecular weight excluding hydrogens is 236 g/mol. The molecule has 0 fully saturated rings. The summed E-state index contributed by atoms with van der Waals surface area (Å²) in [5.74, 6) is 2.19. The molecule has 1 aromatic carbocycles. The van der Waals surface area contributed by atoms with Gasteiger partial charge in [-0.2, -0.15) is 0 Å². The fraction of sp³-hybridized carbons (Fsp3) is 0.467. The van der Waals surface area contributed by atoms with Crippen LogP contribution in [-0.2, 0) is 19.4 Å². The van der Waals surface area contributed by atoms with Crippen LogP contribution in [0.25, 0.3) is 11.4 Å². The van der Waals surface area contributed by atoms with E-state index in [1.54, 1.807) is 0 Å². The van der Waals surface area contributed by atoms with E-state index in [0.29, 0.717) is 0 Å². The molecule has 4 nitrogen and oxygen atoms in total. The average molecular weight is 256 g/mol. The lowest BCUT2D eigenvalue weighted by Crippen LogP contribution is -2.13. The monoisotopic (exact) mass is 256 g/mol. The van der Waals surface area contributed by atoms with Crippen LogP contribution in [0.1, 0.15) is 24.2 Å². The summed E-state index contributed by atoms with van der Waals surface area (Å²) in [7, 11) is 1.99. The number of rotatable bonds is 4. The third-order valence-corrected chi connectivity index (χ3v) is 3.76. The SMILES string of the molecule is CNCCc1ccccc1-c1nnc2n1CCCC2. The predicted octanol–water partition coefficient (Wildman–Crippen LogP) is 2.04. The zero-order chi connectivity index (χ0) is 13.1. The Hall–Kier alpha value is -1.68. The number of hydrogen-bond donors (Lipinski definition) is 1. The minimum absolute atomic E-state index is 0.984. The zero-order valence-electron chi connectivity index (χ0n) is 11.4. The summed E-state index contributed by atoms with van der Waals surface area (Å²) >= 11 is 0. The second-order valence-electron chi connectivity index (χ2n) is 5.06. The smallest absolute Gasteiger partial charge is 0.164 e. The van der Waals surface area contributed by atoms with Crippen LogP contribution in [0.5, 0.6) is 0 Å². The molecule has 2 heterocycles. The van der Waals surface area contributed by atoms with Gasteiger partial charge >= 0.3 is 0 Å². The number of hydrogen-bond acceptors (Lipinski definition) is 3. The van der Waals surface area contributed by atoms with Gasteiger partial charge in [-0.3, -0.25) is 0 Å². The molecule has 4 heteroatoms. The summed E-state index contributed by atoms with van der Waals surface area (Å²) in [6.07, 6.45) is 4.55. The molecule has 3 rings (SSSR count). The van der Waals surface area contributed by atoms with Crippen LogP contribution in [0, 0.1) is 0 Å². The number of nitrogens with one attached hydrogen (secondary N) is 1. The quantitative estimate of drug-likeness (QED) is 0.910. The Balaban J connectivity index is 1.99. The Morgan fingerprint density at radius 3 is 3.00 bits per heavy atom. The third kappa shape index (κ3) is 2.40. The van der Waals surface area contributed by atoms with Crippen LogP contribution < -0.4 is 5.32 Å². The first-order valence-corrected chi connectivity index (χ1v) is 7.05. The van der Waals surface area contributed by atoms with Crippen molar-refractivity contribution in [2.45, 2.75) is 32.2 Å². The van der Waals surface area contributed by atoms with Crippen molar-refractivity contribution < 1.29 is 0 Å². The van der Waals surface area contributed by atoms with E-state index in [0.717, 1.165) is 37.6 Å². The van der Waals surface area contributed by atoms with Gasteiger partial charge in [0.05, 0.1) is 0 Å². The van der Waals surface area contributed by atoms with Crippen molar-refractivity contribution in [3.8, 4) is 11.4 Å². The average Bonchev–Trinajstić information content (AvgIpc) is 2.89. The van der Waals surface area contributed by atoms with Crippen LogP contribution in [0.15, 0.2) is 24.3 Å². The number of benzene rings is 1. The minimum atomic E-state index is 0.984. The lowest BCUT2D eigenvalue weighted by molar-refractivity contribution is 0.525. The third-order valence-electron chi connectivity index (χ3n) is 3.76. The van der Waals surface area contributed by atoms with E-state index in [9.17, 15) is 0 Å². The van der Waals surface area contributed by atoms with Gasteiger partial charge < -0.3 is 9.88 Å². The summed E-state index contributed by atoms with van der Waals surface area (Å²) < 4.78 is 2.29. The Bertz CT molecular complexity index is 559. The van der Waals surface area contributed by atoms with Crippen LogP contribution in [-0.4, -0.2) is 28.4 Å². The summed E-state index contributed by atoms with van der Waals surface area (Å²) in [4.78, 5) is 0. The van der Waals surface area contributed by atoms with Crippen molar-refractivity contribution in [2.75, 3.05) is 13.6 Å². The predicted molar refractivity (Wildman–Crippen MR) is 76.0 cm³/mol. The highest BCUT2D eigenvalue weighted by molar-refractivity contribution is 5.60. The molecule has 1 aliphatic heterocycles. The molecule has 2 aromatic rings. The molecular formula is C15H20N4. The van der Waals surface area contributed by atoms with Crippen molar-refractivity contribution in [3.05, 3.63) is 35.7 Å². The van der Waals surface area contributed by atoms with E-state index in [2.05, 4.69) is 44.3 Å². The van der Waals surface area contributed by atoms with Gasteiger partial charge in [-0.1, -0.05) is 24.3 Å². The van der Waals surface area contributed by atoms with Gasteiger partial charge in [0.1, 0.15) is 5.82 Å². The summed E-state index contributed by atoms with van der Waals surface area (Å²) in [6, 6.07) is 8.54. The van der Waals surface area contributed by atoms with Gasteiger partial charge in [-0.15, -0.1) is 10.2 Å². The fourth-order valence-corrected chi connectivity index (χ4v) is 2.72.